The number of hydrogen-bond donors (Lipinski definition) is 0. The molecule has 0 aliphatic heterocycles. The van der Waals surface area contributed by atoms with Crippen LogP contribution in [0.1, 0.15) is 35.1 Å². The maximum Gasteiger partial charge on any atom is 0.247 e. The molecule has 0 radical (unpaired) electrons. The van der Waals surface area contributed by atoms with E-state index < -0.39 is 0 Å². The molecule has 6 heteroatoms. The molecule has 0 aliphatic carbocycles. The van der Waals surface area contributed by atoms with Gasteiger partial charge in [-0.25, -0.2) is 4.98 Å². The topological polar surface area (TPSA) is 51.0 Å². The highest BCUT2D eigenvalue weighted by molar-refractivity contribution is 7.09. The number of thiazole rings is 1. The number of hydrogen-bond acceptors (Lipinski definition) is 4. The molecular weight excluding hydrogens is 272 g/mol. The van der Waals surface area contributed by atoms with E-state index in [1.54, 1.807) is 28.0 Å². The highest BCUT2D eigenvalue weighted by Crippen LogP contribution is 2.15. The van der Waals surface area contributed by atoms with Crippen LogP contribution >= 0.6 is 11.3 Å². The van der Waals surface area contributed by atoms with Crippen molar-refractivity contribution in [3.63, 3.8) is 0 Å². The van der Waals surface area contributed by atoms with Crippen LogP contribution in [0.4, 0.5) is 0 Å². The standard InChI is InChI=1S/C14H20N4OS/c1-9-6-10(2)18(16-9)11(3)14(19)17(5)7-13-8-20-12(4)15-13/h6,8,11H,7H2,1-5H3. The normalized spacial score (nSPS) is 12.4. The fourth-order valence-corrected chi connectivity index (χ4v) is 2.87. The molecule has 2 aromatic heterocycles. The van der Waals surface area contributed by atoms with E-state index in [1.165, 1.54) is 0 Å². The van der Waals surface area contributed by atoms with E-state index in [0.717, 1.165) is 22.1 Å². The first-order chi connectivity index (χ1) is 9.38. The zero-order valence-electron chi connectivity index (χ0n) is 12.5. The molecule has 0 bridgehead atoms. The summed E-state index contributed by atoms with van der Waals surface area (Å²) in [5.41, 5.74) is 2.87. The van der Waals surface area contributed by atoms with Crippen molar-refractivity contribution >= 4 is 17.2 Å². The van der Waals surface area contributed by atoms with E-state index in [4.69, 9.17) is 0 Å². The summed E-state index contributed by atoms with van der Waals surface area (Å²) in [5.74, 6) is 0.0434. The Hall–Kier alpha value is -1.69. The molecule has 2 rings (SSSR count). The first kappa shape index (κ1) is 14.7. The molecule has 1 amide bonds. The molecule has 0 aliphatic rings. The van der Waals surface area contributed by atoms with Crippen LogP contribution in [0, 0.1) is 20.8 Å². The van der Waals surface area contributed by atoms with Gasteiger partial charge >= 0.3 is 0 Å². The molecule has 0 N–H and O–H groups in total. The van der Waals surface area contributed by atoms with E-state index >= 15 is 0 Å². The highest BCUT2D eigenvalue weighted by atomic mass is 32.1. The molecule has 0 fully saturated rings. The van der Waals surface area contributed by atoms with Crippen molar-refractivity contribution in [3.8, 4) is 0 Å². The van der Waals surface area contributed by atoms with Crippen LogP contribution in [0.25, 0.3) is 0 Å². The first-order valence-electron chi connectivity index (χ1n) is 6.57. The van der Waals surface area contributed by atoms with Gasteiger partial charge in [-0.2, -0.15) is 5.10 Å². The number of likely N-dealkylation sites (N-methyl/N-ethyl adjacent to an activating group) is 1. The summed E-state index contributed by atoms with van der Waals surface area (Å²) < 4.78 is 1.78. The van der Waals surface area contributed by atoms with Gasteiger partial charge in [-0.15, -0.1) is 11.3 Å². The fourth-order valence-electron chi connectivity index (χ4n) is 2.26. The summed E-state index contributed by atoms with van der Waals surface area (Å²) in [6.45, 7) is 8.28. The maximum absolute atomic E-state index is 12.5. The van der Waals surface area contributed by atoms with E-state index in [9.17, 15) is 4.79 Å². The van der Waals surface area contributed by atoms with E-state index in [0.29, 0.717) is 6.54 Å². The van der Waals surface area contributed by atoms with Gasteiger partial charge in [0.1, 0.15) is 6.04 Å². The average molecular weight is 292 g/mol. The van der Waals surface area contributed by atoms with Gasteiger partial charge in [-0.3, -0.25) is 9.48 Å². The second-order valence-electron chi connectivity index (χ2n) is 5.10. The van der Waals surface area contributed by atoms with Crippen molar-refractivity contribution in [1.29, 1.82) is 0 Å². The lowest BCUT2D eigenvalue weighted by Crippen LogP contribution is -2.33. The average Bonchev–Trinajstić information content (AvgIpc) is 2.93. The third kappa shape index (κ3) is 3.07. The number of rotatable bonds is 4. The van der Waals surface area contributed by atoms with Gasteiger partial charge in [0.05, 0.1) is 22.9 Å². The Bertz CT molecular complexity index is 616. The number of aromatic nitrogens is 3. The second-order valence-corrected chi connectivity index (χ2v) is 6.16. The lowest BCUT2D eigenvalue weighted by molar-refractivity contribution is -0.133. The maximum atomic E-state index is 12.5. The van der Waals surface area contributed by atoms with Gasteiger partial charge in [0.15, 0.2) is 0 Å². The van der Waals surface area contributed by atoms with Crippen molar-refractivity contribution in [2.24, 2.45) is 0 Å². The smallest absolute Gasteiger partial charge is 0.247 e. The Morgan fingerprint density at radius 2 is 2.15 bits per heavy atom. The third-order valence-electron chi connectivity index (χ3n) is 3.21. The van der Waals surface area contributed by atoms with Gasteiger partial charge in [0.25, 0.3) is 0 Å². The quantitative estimate of drug-likeness (QED) is 0.870. The lowest BCUT2D eigenvalue weighted by atomic mass is 10.2. The van der Waals surface area contributed by atoms with Crippen LogP contribution in [0.2, 0.25) is 0 Å². The molecule has 2 aromatic rings. The summed E-state index contributed by atoms with van der Waals surface area (Å²) in [6, 6.07) is 1.68. The highest BCUT2D eigenvalue weighted by Gasteiger charge is 2.21. The van der Waals surface area contributed by atoms with E-state index in [1.807, 2.05) is 39.1 Å². The zero-order valence-corrected chi connectivity index (χ0v) is 13.4. The Labute approximate surface area is 123 Å². The molecule has 5 nitrogen and oxygen atoms in total. The summed E-state index contributed by atoms with van der Waals surface area (Å²) in [4.78, 5) is 18.5. The SMILES string of the molecule is Cc1cc(C)n(C(C)C(=O)N(C)Cc2csc(C)n2)n1. The molecule has 0 saturated carbocycles. The van der Waals surface area contributed by atoms with Gasteiger partial charge in [0.2, 0.25) is 5.91 Å². The minimum Gasteiger partial charge on any atom is -0.338 e. The number of amides is 1. The lowest BCUT2D eigenvalue weighted by Gasteiger charge is -2.21. The molecule has 20 heavy (non-hydrogen) atoms. The Morgan fingerprint density at radius 3 is 2.65 bits per heavy atom. The number of carbonyl (C=O) groups excluding carboxylic acids is 1. The summed E-state index contributed by atoms with van der Waals surface area (Å²) in [6.07, 6.45) is 0. The minimum atomic E-state index is -0.298. The number of carbonyl (C=O) groups is 1. The largest absolute Gasteiger partial charge is 0.338 e. The second kappa shape index (κ2) is 5.75. The summed E-state index contributed by atoms with van der Waals surface area (Å²) >= 11 is 1.60. The molecule has 0 saturated heterocycles. The van der Waals surface area contributed by atoms with Crippen LogP contribution in [0.3, 0.4) is 0 Å². The minimum absolute atomic E-state index is 0.0434. The van der Waals surface area contributed by atoms with E-state index in [-0.39, 0.29) is 11.9 Å². The van der Waals surface area contributed by atoms with E-state index in [2.05, 4.69) is 10.1 Å². The summed E-state index contributed by atoms with van der Waals surface area (Å²) in [7, 11) is 1.80. The van der Waals surface area contributed by atoms with Crippen molar-refractivity contribution in [2.75, 3.05) is 7.05 Å². The molecule has 0 spiro atoms. The summed E-state index contributed by atoms with van der Waals surface area (Å²) in [5, 5.41) is 7.39. The van der Waals surface area contributed by atoms with Gasteiger partial charge in [-0.05, 0) is 33.8 Å². The van der Waals surface area contributed by atoms with Crippen molar-refractivity contribution in [1.82, 2.24) is 19.7 Å². The monoisotopic (exact) mass is 292 g/mol. The first-order valence-corrected chi connectivity index (χ1v) is 7.45. The molecular formula is C14H20N4OS. The Morgan fingerprint density at radius 1 is 1.45 bits per heavy atom. The third-order valence-corrected chi connectivity index (χ3v) is 4.03. The Kier molecular flexibility index (Phi) is 4.23. The number of nitrogens with zero attached hydrogens (tertiary/aromatic N) is 4. The van der Waals surface area contributed by atoms with Crippen LogP contribution in [0.5, 0.6) is 0 Å². The van der Waals surface area contributed by atoms with Crippen molar-refractivity contribution in [3.05, 3.63) is 33.5 Å². The molecule has 108 valence electrons. The van der Waals surface area contributed by atoms with Crippen molar-refractivity contribution < 1.29 is 4.79 Å². The predicted octanol–water partition coefficient (Wildman–Crippen LogP) is 2.48. The number of aryl methyl sites for hydroxylation is 3. The van der Waals surface area contributed by atoms with Gasteiger partial charge in [-0.1, -0.05) is 0 Å². The molecule has 2 heterocycles. The van der Waals surface area contributed by atoms with Crippen LogP contribution in [-0.4, -0.2) is 32.6 Å². The van der Waals surface area contributed by atoms with Crippen molar-refractivity contribution in [2.45, 2.75) is 40.3 Å². The molecule has 0 aromatic carbocycles. The molecule has 1 atom stereocenters. The van der Waals surface area contributed by atoms with Gasteiger partial charge < -0.3 is 4.90 Å². The predicted molar refractivity (Wildman–Crippen MR) is 79.7 cm³/mol. The van der Waals surface area contributed by atoms with Crippen LogP contribution in [-0.2, 0) is 11.3 Å². The van der Waals surface area contributed by atoms with Crippen LogP contribution in [0.15, 0.2) is 11.4 Å². The zero-order chi connectivity index (χ0) is 14.9. The van der Waals surface area contributed by atoms with Gasteiger partial charge in [0, 0.05) is 18.1 Å². The fraction of sp³-hybridized carbons (Fsp3) is 0.500. The Balaban J connectivity index is 2.08. The molecule has 1 unspecified atom stereocenters. The van der Waals surface area contributed by atoms with Crippen LogP contribution < -0.4 is 0 Å².